The maximum Gasteiger partial charge on any atom is 0.336 e. The van der Waals surface area contributed by atoms with Crippen molar-refractivity contribution in [2.45, 2.75) is 38.2 Å². The smallest absolute Gasteiger partial charge is 0.336 e. The van der Waals surface area contributed by atoms with Crippen LogP contribution in [0.3, 0.4) is 0 Å². The quantitative estimate of drug-likeness (QED) is 0.580. The highest BCUT2D eigenvalue weighted by Gasteiger charge is 2.42. The Morgan fingerprint density at radius 3 is 2.77 bits per heavy atom. The molecule has 0 bridgehead atoms. The second-order valence-corrected chi connectivity index (χ2v) is 8.62. The van der Waals surface area contributed by atoms with Crippen LogP contribution in [0.2, 0.25) is 0 Å². The van der Waals surface area contributed by atoms with Crippen molar-refractivity contribution in [1.82, 2.24) is 9.97 Å². The van der Waals surface area contributed by atoms with Gasteiger partial charge in [-0.15, -0.1) is 11.3 Å². The van der Waals surface area contributed by atoms with Crippen molar-refractivity contribution in [2.24, 2.45) is 0 Å². The minimum atomic E-state index is -1.12. The van der Waals surface area contributed by atoms with Crippen molar-refractivity contribution in [3.8, 4) is 16.5 Å². The van der Waals surface area contributed by atoms with Gasteiger partial charge in [0.05, 0.1) is 12.3 Å². The lowest BCUT2D eigenvalue weighted by molar-refractivity contribution is -0.159. The predicted octanol–water partition coefficient (Wildman–Crippen LogP) is 4.31. The Bertz CT molecular complexity index is 996. The number of hydrogen-bond acceptors (Lipinski definition) is 6. The Morgan fingerprint density at radius 2 is 2.10 bits per heavy atom. The van der Waals surface area contributed by atoms with E-state index in [-0.39, 0.29) is 0 Å². The van der Waals surface area contributed by atoms with E-state index in [4.69, 9.17) is 14.5 Å². The van der Waals surface area contributed by atoms with Gasteiger partial charge in [0, 0.05) is 42.2 Å². The molecule has 1 N–H and O–H groups in total. The predicted molar refractivity (Wildman–Crippen MR) is 115 cm³/mol. The van der Waals surface area contributed by atoms with E-state index < -0.39 is 11.6 Å². The molecule has 2 aromatic heterocycles. The fraction of sp³-hybridized carbons (Fsp3) is 0.348. The van der Waals surface area contributed by atoms with Crippen molar-refractivity contribution in [3.05, 3.63) is 64.8 Å². The molecule has 0 aliphatic carbocycles. The van der Waals surface area contributed by atoms with E-state index in [9.17, 15) is 9.90 Å². The summed E-state index contributed by atoms with van der Waals surface area (Å²) >= 11 is 1.69. The molecule has 0 saturated carbocycles. The molecular formula is C23H24N2O4S. The number of nitrogens with zero attached hydrogens (tertiary/aromatic N) is 2. The Balaban J connectivity index is 1.33. The summed E-state index contributed by atoms with van der Waals surface area (Å²) in [7, 11) is 0. The lowest BCUT2D eigenvalue weighted by Gasteiger charge is -2.23. The molecule has 30 heavy (non-hydrogen) atoms. The first-order valence-corrected chi connectivity index (χ1v) is 10.8. The van der Waals surface area contributed by atoms with Gasteiger partial charge in [0.2, 0.25) is 5.88 Å². The van der Waals surface area contributed by atoms with Crippen molar-refractivity contribution >= 4 is 17.3 Å². The number of carbonyl (C=O) groups is 1. The van der Waals surface area contributed by atoms with Gasteiger partial charge >= 0.3 is 5.97 Å². The number of aryl methyl sites for hydroxylation is 1. The van der Waals surface area contributed by atoms with E-state index >= 15 is 0 Å². The number of carboxylic acid groups (broad SMARTS) is 1. The Labute approximate surface area is 179 Å². The van der Waals surface area contributed by atoms with Gasteiger partial charge in [0.1, 0.15) is 5.01 Å². The van der Waals surface area contributed by atoms with Crippen LogP contribution in [-0.4, -0.2) is 39.9 Å². The van der Waals surface area contributed by atoms with E-state index in [1.165, 1.54) is 4.88 Å². The molecule has 0 amide bonds. The Hall–Kier alpha value is -2.77. The van der Waals surface area contributed by atoms with Crippen molar-refractivity contribution in [2.75, 3.05) is 13.2 Å². The summed E-state index contributed by atoms with van der Waals surface area (Å²) in [5.41, 5.74) is 1.87. The first-order valence-electron chi connectivity index (χ1n) is 10.0. The van der Waals surface area contributed by atoms with E-state index in [0.717, 1.165) is 28.2 Å². The van der Waals surface area contributed by atoms with Gasteiger partial charge in [0.25, 0.3) is 0 Å². The minimum absolute atomic E-state index is 0.315. The van der Waals surface area contributed by atoms with E-state index in [0.29, 0.717) is 38.4 Å². The summed E-state index contributed by atoms with van der Waals surface area (Å²) in [6.07, 6.45) is 3.98. The third kappa shape index (κ3) is 4.52. The molecule has 1 aromatic carbocycles. The van der Waals surface area contributed by atoms with Crippen LogP contribution in [0.5, 0.6) is 5.88 Å². The molecule has 1 aliphatic heterocycles. The highest BCUT2D eigenvalue weighted by atomic mass is 32.1. The van der Waals surface area contributed by atoms with E-state index in [2.05, 4.69) is 24.0 Å². The molecule has 1 aliphatic rings. The zero-order valence-electron chi connectivity index (χ0n) is 16.8. The molecule has 156 valence electrons. The van der Waals surface area contributed by atoms with Gasteiger partial charge in [-0.2, -0.15) is 0 Å². The van der Waals surface area contributed by atoms with Gasteiger partial charge in [-0.3, -0.25) is 0 Å². The van der Waals surface area contributed by atoms with Crippen LogP contribution in [0.4, 0.5) is 0 Å². The van der Waals surface area contributed by atoms with E-state index in [1.54, 1.807) is 23.6 Å². The van der Waals surface area contributed by atoms with Crippen LogP contribution in [0.1, 0.15) is 29.0 Å². The highest BCUT2D eigenvalue weighted by Crippen LogP contribution is 2.30. The zero-order valence-corrected chi connectivity index (χ0v) is 17.7. The highest BCUT2D eigenvalue weighted by molar-refractivity contribution is 7.15. The maximum absolute atomic E-state index is 11.6. The summed E-state index contributed by atoms with van der Waals surface area (Å²) in [6, 6.07) is 13.8. The molecule has 1 atom stereocenters. The molecule has 1 unspecified atom stereocenters. The molecular weight excluding hydrogens is 400 g/mol. The number of aliphatic carboxylic acids is 1. The minimum Gasteiger partial charge on any atom is -0.479 e. The summed E-state index contributed by atoms with van der Waals surface area (Å²) in [4.78, 5) is 21.9. The second kappa shape index (κ2) is 8.93. The average Bonchev–Trinajstić information content (AvgIpc) is 3.38. The standard InChI is InChI=1S/C23H24N2O4S/c1-16-19(25-21(30-16)18-6-3-2-4-7-18)10-13-28-20-9-8-17(15-24-20)14-23(22(26)27)11-5-12-29-23/h2-4,6-9,15H,5,10-14H2,1H3,(H,26,27). The van der Waals surface area contributed by atoms with Gasteiger partial charge in [-0.25, -0.2) is 14.8 Å². The van der Waals surface area contributed by atoms with Gasteiger partial charge in [-0.1, -0.05) is 36.4 Å². The normalized spacial score (nSPS) is 18.4. The Kier molecular flexibility index (Phi) is 6.11. The topological polar surface area (TPSA) is 81.5 Å². The maximum atomic E-state index is 11.6. The molecule has 7 heteroatoms. The summed E-state index contributed by atoms with van der Waals surface area (Å²) in [5.74, 6) is -0.388. The van der Waals surface area contributed by atoms with E-state index in [1.807, 2.05) is 24.3 Å². The number of thiazole rings is 1. The lowest BCUT2D eigenvalue weighted by atomic mass is 9.92. The van der Waals surface area contributed by atoms with Crippen molar-refractivity contribution in [3.63, 3.8) is 0 Å². The van der Waals surface area contributed by atoms with Crippen LogP contribution in [0, 0.1) is 6.92 Å². The average molecular weight is 425 g/mol. The fourth-order valence-electron chi connectivity index (χ4n) is 3.63. The SMILES string of the molecule is Cc1sc(-c2ccccc2)nc1CCOc1ccc(CC2(C(=O)O)CCCO2)cn1. The van der Waals surface area contributed by atoms with Crippen LogP contribution in [0.15, 0.2) is 48.7 Å². The first kappa shape index (κ1) is 20.5. The molecule has 1 fully saturated rings. The number of ether oxygens (including phenoxy) is 2. The monoisotopic (exact) mass is 424 g/mol. The van der Waals surface area contributed by atoms with Gasteiger partial charge in [0.15, 0.2) is 5.60 Å². The fourth-order valence-corrected chi connectivity index (χ4v) is 4.59. The third-order valence-electron chi connectivity index (χ3n) is 5.28. The second-order valence-electron chi connectivity index (χ2n) is 7.42. The number of carboxylic acids is 1. The van der Waals surface area contributed by atoms with Crippen LogP contribution >= 0.6 is 11.3 Å². The van der Waals surface area contributed by atoms with Crippen molar-refractivity contribution in [1.29, 1.82) is 0 Å². The molecule has 0 spiro atoms. The third-order valence-corrected chi connectivity index (χ3v) is 6.34. The zero-order chi connectivity index (χ0) is 21.0. The Morgan fingerprint density at radius 1 is 1.27 bits per heavy atom. The number of pyridine rings is 1. The molecule has 3 aromatic rings. The van der Waals surface area contributed by atoms with Crippen LogP contribution in [0.25, 0.3) is 10.6 Å². The molecule has 1 saturated heterocycles. The van der Waals surface area contributed by atoms with Crippen molar-refractivity contribution < 1.29 is 19.4 Å². The van der Waals surface area contributed by atoms with Crippen LogP contribution < -0.4 is 4.74 Å². The van der Waals surface area contributed by atoms with Crippen LogP contribution in [-0.2, 0) is 22.4 Å². The summed E-state index contributed by atoms with van der Waals surface area (Å²) < 4.78 is 11.3. The number of benzene rings is 1. The largest absolute Gasteiger partial charge is 0.479 e. The lowest BCUT2D eigenvalue weighted by Crippen LogP contribution is -2.40. The number of aromatic nitrogens is 2. The number of rotatable bonds is 8. The first-order chi connectivity index (χ1) is 14.6. The molecule has 0 radical (unpaired) electrons. The van der Waals surface area contributed by atoms with Gasteiger partial charge < -0.3 is 14.6 Å². The molecule has 4 rings (SSSR count). The molecule has 3 heterocycles. The number of hydrogen-bond donors (Lipinski definition) is 1. The molecule has 6 nitrogen and oxygen atoms in total. The van der Waals surface area contributed by atoms with Gasteiger partial charge in [-0.05, 0) is 25.3 Å². The summed E-state index contributed by atoms with van der Waals surface area (Å²) in [6.45, 7) is 3.05. The summed E-state index contributed by atoms with van der Waals surface area (Å²) in [5, 5.41) is 10.5.